The lowest BCUT2D eigenvalue weighted by Gasteiger charge is -2.29. The fourth-order valence-electron chi connectivity index (χ4n) is 1.91. The predicted octanol–water partition coefficient (Wildman–Crippen LogP) is 3.44. The second kappa shape index (κ2) is 6.60. The molecule has 90 valence electrons. The van der Waals surface area contributed by atoms with Gasteiger partial charge in [0.15, 0.2) is 0 Å². The SMILES string of the molecule is CCN(CC)C(CN)c1cc(Br)ccc1Cl. The lowest BCUT2D eigenvalue weighted by Crippen LogP contribution is -2.33. The molecule has 0 spiro atoms. The summed E-state index contributed by atoms with van der Waals surface area (Å²) in [4.78, 5) is 2.31. The third kappa shape index (κ3) is 3.20. The normalized spacial score (nSPS) is 13.1. The number of nitrogens with two attached hydrogens (primary N) is 1. The van der Waals surface area contributed by atoms with Crippen LogP contribution in [-0.4, -0.2) is 24.5 Å². The highest BCUT2D eigenvalue weighted by molar-refractivity contribution is 9.10. The molecular weight excluding hydrogens is 288 g/mol. The van der Waals surface area contributed by atoms with Crippen LogP contribution >= 0.6 is 27.5 Å². The molecular formula is C12H18BrClN2. The van der Waals surface area contributed by atoms with Crippen LogP contribution in [-0.2, 0) is 0 Å². The van der Waals surface area contributed by atoms with Crippen molar-refractivity contribution in [1.29, 1.82) is 0 Å². The molecule has 1 unspecified atom stereocenters. The smallest absolute Gasteiger partial charge is 0.0485 e. The zero-order chi connectivity index (χ0) is 12.1. The van der Waals surface area contributed by atoms with Crippen molar-refractivity contribution < 1.29 is 0 Å². The standard InChI is InChI=1S/C12H18BrClN2/c1-3-16(4-2)12(8-15)10-7-9(13)5-6-11(10)14/h5-7,12H,3-4,8,15H2,1-2H3. The average Bonchev–Trinajstić information content (AvgIpc) is 2.29. The molecule has 0 aliphatic rings. The summed E-state index contributed by atoms with van der Waals surface area (Å²) >= 11 is 9.69. The molecule has 1 aromatic rings. The zero-order valence-electron chi connectivity index (χ0n) is 9.71. The Bertz CT molecular complexity index is 340. The van der Waals surface area contributed by atoms with Crippen molar-refractivity contribution in [2.75, 3.05) is 19.6 Å². The van der Waals surface area contributed by atoms with Crippen molar-refractivity contribution in [2.24, 2.45) is 5.73 Å². The van der Waals surface area contributed by atoms with Crippen molar-refractivity contribution in [2.45, 2.75) is 19.9 Å². The van der Waals surface area contributed by atoms with Crippen LogP contribution in [0.2, 0.25) is 5.02 Å². The van der Waals surface area contributed by atoms with Gasteiger partial charge in [-0.1, -0.05) is 41.4 Å². The molecule has 1 rings (SSSR count). The van der Waals surface area contributed by atoms with Crippen molar-refractivity contribution >= 4 is 27.5 Å². The minimum atomic E-state index is 0.194. The van der Waals surface area contributed by atoms with Gasteiger partial charge in [0.2, 0.25) is 0 Å². The van der Waals surface area contributed by atoms with Gasteiger partial charge in [-0.15, -0.1) is 0 Å². The molecule has 0 bridgehead atoms. The maximum absolute atomic E-state index is 6.22. The number of nitrogens with zero attached hydrogens (tertiary/aromatic N) is 1. The predicted molar refractivity (Wildman–Crippen MR) is 73.9 cm³/mol. The van der Waals surface area contributed by atoms with Crippen molar-refractivity contribution in [3.8, 4) is 0 Å². The molecule has 2 N–H and O–H groups in total. The highest BCUT2D eigenvalue weighted by atomic mass is 79.9. The van der Waals surface area contributed by atoms with E-state index in [-0.39, 0.29) is 6.04 Å². The second-order valence-electron chi connectivity index (χ2n) is 3.64. The summed E-state index contributed by atoms with van der Waals surface area (Å²) < 4.78 is 1.04. The summed E-state index contributed by atoms with van der Waals surface area (Å²) in [5, 5.41) is 0.783. The van der Waals surface area contributed by atoms with Crippen LogP contribution in [0.4, 0.5) is 0 Å². The molecule has 0 saturated heterocycles. The Morgan fingerprint density at radius 3 is 2.50 bits per heavy atom. The Morgan fingerprint density at radius 2 is 2.00 bits per heavy atom. The van der Waals surface area contributed by atoms with E-state index < -0.39 is 0 Å². The van der Waals surface area contributed by atoms with Crippen LogP contribution in [0.25, 0.3) is 0 Å². The number of benzene rings is 1. The molecule has 0 fully saturated rings. The lowest BCUT2D eigenvalue weighted by atomic mass is 10.1. The van der Waals surface area contributed by atoms with Crippen molar-refractivity contribution in [3.63, 3.8) is 0 Å². The molecule has 1 atom stereocenters. The van der Waals surface area contributed by atoms with E-state index in [1.54, 1.807) is 0 Å². The molecule has 0 aliphatic carbocycles. The Hall–Kier alpha value is -0.0900. The topological polar surface area (TPSA) is 29.3 Å². The Morgan fingerprint density at radius 1 is 1.38 bits per heavy atom. The molecule has 0 saturated carbocycles. The van der Waals surface area contributed by atoms with Crippen LogP contribution in [0.3, 0.4) is 0 Å². The van der Waals surface area contributed by atoms with Crippen molar-refractivity contribution in [3.05, 3.63) is 33.3 Å². The summed E-state index contributed by atoms with van der Waals surface area (Å²) in [7, 11) is 0. The first-order valence-corrected chi connectivity index (χ1v) is 6.70. The maximum Gasteiger partial charge on any atom is 0.0485 e. The van der Waals surface area contributed by atoms with E-state index in [1.165, 1.54) is 0 Å². The van der Waals surface area contributed by atoms with E-state index >= 15 is 0 Å². The first-order chi connectivity index (χ1) is 7.63. The van der Waals surface area contributed by atoms with Gasteiger partial charge < -0.3 is 5.73 Å². The van der Waals surface area contributed by atoms with Gasteiger partial charge in [0.1, 0.15) is 0 Å². The van der Waals surface area contributed by atoms with Gasteiger partial charge in [0.05, 0.1) is 0 Å². The first kappa shape index (κ1) is 14.0. The highest BCUT2D eigenvalue weighted by Crippen LogP contribution is 2.29. The molecule has 0 aromatic heterocycles. The van der Waals surface area contributed by atoms with Crippen LogP contribution in [0, 0.1) is 0 Å². The molecule has 0 radical (unpaired) electrons. The Balaban J connectivity index is 3.06. The van der Waals surface area contributed by atoms with Crippen LogP contribution < -0.4 is 5.73 Å². The maximum atomic E-state index is 6.22. The fourth-order valence-corrected chi connectivity index (χ4v) is 2.53. The third-order valence-corrected chi connectivity index (χ3v) is 3.63. The molecule has 16 heavy (non-hydrogen) atoms. The van der Waals surface area contributed by atoms with Gasteiger partial charge in [-0.2, -0.15) is 0 Å². The first-order valence-electron chi connectivity index (χ1n) is 5.53. The monoisotopic (exact) mass is 304 g/mol. The van der Waals surface area contributed by atoms with Gasteiger partial charge in [-0.25, -0.2) is 0 Å². The summed E-state index contributed by atoms with van der Waals surface area (Å²) in [6.07, 6.45) is 0. The van der Waals surface area contributed by atoms with Crippen LogP contribution in [0.5, 0.6) is 0 Å². The Labute approximate surface area is 111 Å². The van der Waals surface area contributed by atoms with E-state index in [9.17, 15) is 0 Å². The molecule has 1 aromatic carbocycles. The Kier molecular flexibility index (Phi) is 5.76. The number of likely N-dealkylation sites (N-methyl/N-ethyl adjacent to an activating group) is 1. The number of halogens is 2. The van der Waals surface area contributed by atoms with E-state index in [0.29, 0.717) is 6.54 Å². The minimum Gasteiger partial charge on any atom is -0.329 e. The molecule has 2 nitrogen and oxygen atoms in total. The third-order valence-electron chi connectivity index (χ3n) is 2.79. The van der Waals surface area contributed by atoms with E-state index in [2.05, 4.69) is 40.7 Å². The van der Waals surface area contributed by atoms with E-state index in [0.717, 1.165) is 28.1 Å². The van der Waals surface area contributed by atoms with Gasteiger partial charge in [-0.05, 0) is 36.9 Å². The van der Waals surface area contributed by atoms with Gasteiger partial charge in [-0.3, -0.25) is 4.90 Å². The quantitative estimate of drug-likeness (QED) is 0.903. The van der Waals surface area contributed by atoms with Gasteiger partial charge in [0.25, 0.3) is 0 Å². The largest absolute Gasteiger partial charge is 0.329 e. The van der Waals surface area contributed by atoms with Crippen LogP contribution in [0.15, 0.2) is 22.7 Å². The number of hydrogen-bond donors (Lipinski definition) is 1. The number of hydrogen-bond acceptors (Lipinski definition) is 2. The van der Waals surface area contributed by atoms with E-state index in [4.69, 9.17) is 17.3 Å². The fraction of sp³-hybridized carbons (Fsp3) is 0.500. The number of rotatable bonds is 5. The van der Waals surface area contributed by atoms with Gasteiger partial charge >= 0.3 is 0 Å². The summed E-state index contributed by atoms with van der Waals surface area (Å²) in [5.41, 5.74) is 6.96. The molecule has 4 heteroatoms. The zero-order valence-corrected chi connectivity index (χ0v) is 12.1. The van der Waals surface area contributed by atoms with E-state index in [1.807, 2.05) is 12.1 Å². The average molecular weight is 306 g/mol. The summed E-state index contributed by atoms with van der Waals surface area (Å²) in [5.74, 6) is 0. The van der Waals surface area contributed by atoms with Crippen LogP contribution in [0.1, 0.15) is 25.5 Å². The molecule has 0 heterocycles. The summed E-state index contributed by atoms with van der Waals surface area (Å²) in [6.45, 7) is 6.80. The molecule has 0 amide bonds. The lowest BCUT2D eigenvalue weighted by molar-refractivity contribution is 0.224. The highest BCUT2D eigenvalue weighted by Gasteiger charge is 2.18. The van der Waals surface area contributed by atoms with Crippen molar-refractivity contribution in [1.82, 2.24) is 4.90 Å². The molecule has 0 aliphatic heterocycles. The second-order valence-corrected chi connectivity index (χ2v) is 4.96. The van der Waals surface area contributed by atoms with Gasteiger partial charge in [0, 0.05) is 22.1 Å². The summed E-state index contributed by atoms with van der Waals surface area (Å²) in [6, 6.07) is 6.10. The minimum absolute atomic E-state index is 0.194.